The monoisotopic (exact) mass is 572 g/mol. The molecule has 3 aromatic carbocycles. The minimum absolute atomic E-state index is 0.131. The van der Waals surface area contributed by atoms with Crippen molar-refractivity contribution in [3.05, 3.63) is 75.8 Å². The molecule has 0 bridgehead atoms. The number of rotatable bonds is 13. The molecule has 212 valence electrons. The first-order valence-electron chi connectivity index (χ1n) is 11.9. The second kappa shape index (κ2) is 13.8. The fourth-order valence-corrected chi connectivity index (χ4v) is 3.96. The minimum atomic E-state index is -4.58. The number of phosphoric acid groups is 1. The zero-order chi connectivity index (χ0) is 29.3. The van der Waals surface area contributed by atoms with Gasteiger partial charge in [-0.15, -0.1) is 10.2 Å². The number of nitrogens with zero attached hydrogens (tertiary/aromatic N) is 6. The lowest BCUT2D eigenvalue weighted by atomic mass is 10.1. The van der Waals surface area contributed by atoms with Crippen molar-refractivity contribution < 1.29 is 33.6 Å². The van der Waals surface area contributed by atoms with Gasteiger partial charge in [-0.1, -0.05) is 6.07 Å². The second-order valence-electron chi connectivity index (χ2n) is 8.51. The number of azo groups is 2. The Labute approximate surface area is 230 Å². The molecule has 0 saturated heterocycles. The summed E-state index contributed by atoms with van der Waals surface area (Å²) in [4.78, 5) is 30.3. The van der Waals surface area contributed by atoms with E-state index in [4.69, 9.17) is 14.5 Å². The molecule has 0 aliphatic carbocycles. The number of anilines is 1. The molecule has 0 heterocycles. The van der Waals surface area contributed by atoms with Crippen molar-refractivity contribution >= 4 is 41.9 Å². The molecular formula is C25H29N6O8P. The van der Waals surface area contributed by atoms with Crippen molar-refractivity contribution in [2.75, 3.05) is 38.3 Å². The fraction of sp³-hybridized carbons (Fsp3) is 0.280. The van der Waals surface area contributed by atoms with Crippen LogP contribution in [0.3, 0.4) is 0 Å². The number of phosphoric ester groups is 1. The summed E-state index contributed by atoms with van der Waals surface area (Å²) in [5.74, 6) is 0.381. The fourth-order valence-electron chi connectivity index (χ4n) is 3.64. The second-order valence-corrected chi connectivity index (χ2v) is 9.75. The Morgan fingerprint density at radius 2 is 1.65 bits per heavy atom. The molecule has 0 aliphatic heterocycles. The number of nitro benzene ring substituents is 1. The zero-order valence-electron chi connectivity index (χ0n) is 22.0. The number of hydrogen-bond acceptors (Lipinski definition) is 11. The lowest BCUT2D eigenvalue weighted by Gasteiger charge is -2.23. The molecule has 0 amide bonds. The molecule has 0 atom stereocenters. The normalized spacial score (nSPS) is 11.8. The number of benzene rings is 3. The summed E-state index contributed by atoms with van der Waals surface area (Å²) in [6, 6.07) is 14.9. The van der Waals surface area contributed by atoms with Crippen LogP contribution in [0.15, 0.2) is 75.1 Å². The Bertz CT molecular complexity index is 1440. The Hall–Kier alpha value is -4.07. The molecule has 3 N–H and O–H groups in total. The predicted octanol–water partition coefficient (Wildman–Crippen LogP) is 5.96. The van der Waals surface area contributed by atoms with E-state index in [0.29, 0.717) is 34.1 Å². The Kier molecular flexibility index (Phi) is 10.5. The SMILES string of the molecule is COc1cc(N=Nc2ccc(C)cc2[N+](=O)[O-])cc(C)c1N=Nc1ccc(N(CCO)CCOP(=O)(O)O)cc1. The van der Waals surface area contributed by atoms with E-state index in [0.717, 1.165) is 5.56 Å². The van der Waals surface area contributed by atoms with Gasteiger partial charge < -0.3 is 24.5 Å². The van der Waals surface area contributed by atoms with Gasteiger partial charge in [-0.2, -0.15) is 10.2 Å². The highest BCUT2D eigenvalue weighted by molar-refractivity contribution is 7.46. The molecule has 40 heavy (non-hydrogen) atoms. The molecule has 14 nitrogen and oxygen atoms in total. The Morgan fingerprint density at radius 1 is 0.950 bits per heavy atom. The largest absolute Gasteiger partial charge is 0.494 e. The van der Waals surface area contributed by atoms with Crippen LogP contribution in [-0.2, 0) is 9.09 Å². The molecule has 0 aromatic heterocycles. The molecule has 0 unspecified atom stereocenters. The van der Waals surface area contributed by atoms with Crippen molar-refractivity contribution in [2.45, 2.75) is 13.8 Å². The highest BCUT2D eigenvalue weighted by Gasteiger charge is 2.16. The summed E-state index contributed by atoms with van der Waals surface area (Å²) >= 11 is 0. The summed E-state index contributed by atoms with van der Waals surface area (Å²) < 4.78 is 20.9. The average Bonchev–Trinajstić information content (AvgIpc) is 2.90. The van der Waals surface area contributed by atoms with Gasteiger partial charge in [0.2, 0.25) is 0 Å². The number of aliphatic hydroxyl groups is 1. The van der Waals surface area contributed by atoms with Crippen LogP contribution in [0.4, 0.5) is 34.1 Å². The minimum Gasteiger partial charge on any atom is -0.494 e. The van der Waals surface area contributed by atoms with E-state index in [2.05, 4.69) is 25.0 Å². The van der Waals surface area contributed by atoms with Gasteiger partial charge in [0.05, 0.1) is 36.6 Å². The highest BCUT2D eigenvalue weighted by Crippen LogP contribution is 2.38. The van der Waals surface area contributed by atoms with Crippen LogP contribution in [0.2, 0.25) is 0 Å². The van der Waals surface area contributed by atoms with E-state index in [1.54, 1.807) is 61.2 Å². The standard InChI is InChI=1S/C25H29N6O8P/c1-17-4-9-22(23(14-17)31(33)34)28-27-20-15-18(2)25(24(16-20)38-3)29-26-19-5-7-21(8-6-19)30(10-12-32)11-13-39-40(35,36)37/h4-9,14-16,32H,10-13H2,1-3H3,(H2,35,36,37). The van der Waals surface area contributed by atoms with Gasteiger partial charge in [0.1, 0.15) is 11.4 Å². The van der Waals surface area contributed by atoms with Gasteiger partial charge >= 0.3 is 7.82 Å². The maximum Gasteiger partial charge on any atom is 0.469 e. The van der Waals surface area contributed by atoms with Crippen molar-refractivity contribution in [3.8, 4) is 5.75 Å². The van der Waals surface area contributed by atoms with Crippen LogP contribution >= 0.6 is 7.82 Å². The first kappa shape index (κ1) is 30.5. The van der Waals surface area contributed by atoms with E-state index in [-0.39, 0.29) is 37.7 Å². The maximum atomic E-state index is 11.3. The summed E-state index contributed by atoms with van der Waals surface area (Å²) in [5, 5.41) is 37.5. The van der Waals surface area contributed by atoms with Crippen LogP contribution in [0, 0.1) is 24.0 Å². The third kappa shape index (κ3) is 8.73. The van der Waals surface area contributed by atoms with E-state index in [9.17, 15) is 19.8 Å². The Balaban J connectivity index is 1.77. The van der Waals surface area contributed by atoms with Gasteiger partial charge in [0.25, 0.3) is 5.69 Å². The predicted molar refractivity (Wildman–Crippen MR) is 148 cm³/mol. The molecule has 3 aromatic rings. The number of methoxy groups -OCH3 is 1. The summed E-state index contributed by atoms with van der Waals surface area (Å²) in [6.45, 7) is 3.56. The summed E-state index contributed by atoms with van der Waals surface area (Å²) in [6.07, 6.45) is 0. The van der Waals surface area contributed by atoms with Gasteiger partial charge in [0, 0.05) is 30.9 Å². The van der Waals surface area contributed by atoms with Crippen LogP contribution in [-0.4, -0.2) is 53.2 Å². The third-order valence-corrected chi connectivity index (χ3v) is 6.06. The lowest BCUT2D eigenvalue weighted by molar-refractivity contribution is -0.384. The van der Waals surface area contributed by atoms with E-state index in [1.807, 2.05) is 0 Å². The van der Waals surface area contributed by atoms with Crippen LogP contribution < -0.4 is 9.64 Å². The summed E-state index contributed by atoms with van der Waals surface area (Å²) in [5.41, 5.74) is 3.51. The van der Waals surface area contributed by atoms with Gasteiger partial charge in [-0.3, -0.25) is 14.6 Å². The van der Waals surface area contributed by atoms with Crippen molar-refractivity contribution in [2.24, 2.45) is 20.5 Å². The van der Waals surface area contributed by atoms with Crippen LogP contribution in [0.5, 0.6) is 5.75 Å². The zero-order valence-corrected chi connectivity index (χ0v) is 22.9. The number of nitro groups is 1. The molecule has 0 saturated carbocycles. The molecule has 0 spiro atoms. The maximum absolute atomic E-state index is 11.3. The van der Waals surface area contributed by atoms with E-state index >= 15 is 0 Å². The van der Waals surface area contributed by atoms with E-state index < -0.39 is 12.7 Å². The van der Waals surface area contributed by atoms with Crippen LogP contribution in [0.1, 0.15) is 11.1 Å². The van der Waals surface area contributed by atoms with Gasteiger partial charge in [-0.05, 0) is 61.4 Å². The molecule has 0 aliphatic rings. The van der Waals surface area contributed by atoms with E-state index in [1.165, 1.54) is 19.2 Å². The molecule has 15 heteroatoms. The number of aliphatic hydroxyl groups excluding tert-OH is 1. The van der Waals surface area contributed by atoms with Crippen molar-refractivity contribution in [3.63, 3.8) is 0 Å². The third-order valence-electron chi connectivity index (χ3n) is 5.54. The number of hydrogen-bond donors (Lipinski definition) is 3. The van der Waals surface area contributed by atoms with Gasteiger partial charge in [0.15, 0.2) is 5.69 Å². The lowest BCUT2D eigenvalue weighted by Crippen LogP contribution is -2.30. The smallest absolute Gasteiger partial charge is 0.469 e. The number of ether oxygens (including phenoxy) is 1. The quantitative estimate of drug-likeness (QED) is 0.0959. The first-order chi connectivity index (χ1) is 19.0. The van der Waals surface area contributed by atoms with Crippen molar-refractivity contribution in [1.29, 1.82) is 0 Å². The number of aryl methyl sites for hydroxylation is 2. The summed E-state index contributed by atoms with van der Waals surface area (Å²) in [7, 11) is -3.11. The Morgan fingerprint density at radius 3 is 2.27 bits per heavy atom. The average molecular weight is 573 g/mol. The molecule has 3 rings (SSSR count). The molecule has 0 fully saturated rings. The molecular weight excluding hydrogens is 543 g/mol. The van der Waals surface area contributed by atoms with Crippen molar-refractivity contribution in [1.82, 2.24) is 0 Å². The highest BCUT2D eigenvalue weighted by atomic mass is 31.2. The van der Waals surface area contributed by atoms with Gasteiger partial charge in [-0.25, -0.2) is 4.57 Å². The van der Waals surface area contributed by atoms with Crippen LogP contribution in [0.25, 0.3) is 0 Å². The first-order valence-corrected chi connectivity index (χ1v) is 13.5. The molecule has 0 radical (unpaired) electrons. The topological polar surface area (TPSA) is 192 Å².